The van der Waals surface area contributed by atoms with Crippen LogP contribution in [-0.4, -0.2) is 67.8 Å². The molecule has 0 spiro atoms. The van der Waals surface area contributed by atoms with Crippen molar-refractivity contribution in [3.05, 3.63) is 70.8 Å². The summed E-state index contributed by atoms with van der Waals surface area (Å²) in [5, 5.41) is 61.0. The molecule has 0 saturated heterocycles. The van der Waals surface area contributed by atoms with E-state index in [1.54, 1.807) is 0 Å². The molecule has 0 aliphatic rings. The highest BCUT2D eigenvalue weighted by molar-refractivity contribution is 5.25. The molecule has 2 aromatic carbocycles. The van der Waals surface area contributed by atoms with Gasteiger partial charge in [0.2, 0.25) is 0 Å². The van der Waals surface area contributed by atoms with Gasteiger partial charge in [0.25, 0.3) is 0 Å². The van der Waals surface area contributed by atoms with E-state index in [1.807, 2.05) is 25.1 Å². The van der Waals surface area contributed by atoms with E-state index in [1.165, 1.54) is 16.7 Å². The van der Waals surface area contributed by atoms with Crippen molar-refractivity contribution in [3.63, 3.8) is 0 Å². The summed E-state index contributed by atoms with van der Waals surface area (Å²) in [5.41, 5.74) is 4.69. The van der Waals surface area contributed by atoms with Gasteiger partial charge >= 0.3 is 0 Å². The molecule has 3 unspecified atom stereocenters. The molecule has 7 atom stereocenters. The summed E-state index contributed by atoms with van der Waals surface area (Å²) in [4.78, 5) is 0. The van der Waals surface area contributed by atoms with E-state index in [9.17, 15) is 25.5 Å². The van der Waals surface area contributed by atoms with E-state index in [2.05, 4.69) is 44.2 Å². The van der Waals surface area contributed by atoms with Gasteiger partial charge in [-0.1, -0.05) is 69.3 Å². The molecule has 190 valence electrons. The van der Waals surface area contributed by atoms with Crippen LogP contribution in [-0.2, 0) is 25.7 Å². The lowest BCUT2D eigenvalue weighted by molar-refractivity contribution is -0.152. The van der Waals surface area contributed by atoms with Gasteiger partial charge in [0.05, 0.1) is 12.7 Å². The molecule has 0 saturated carbocycles. The van der Waals surface area contributed by atoms with Crippen molar-refractivity contribution in [2.45, 2.75) is 83.4 Å². The first-order valence-corrected chi connectivity index (χ1v) is 12.4. The van der Waals surface area contributed by atoms with E-state index < -0.39 is 43.0 Å². The van der Waals surface area contributed by atoms with Gasteiger partial charge in [0.15, 0.2) is 0 Å². The van der Waals surface area contributed by atoms with E-state index in [0.29, 0.717) is 6.42 Å². The predicted octanol–water partition coefficient (Wildman–Crippen LogP) is 2.04. The Hall–Kier alpha value is -1.80. The minimum atomic E-state index is -1.80. The number of aryl methyl sites for hydroxylation is 3. The van der Waals surface area contributed by atoms with Gasteiger partial charge < -0.3 is 30.6 Å². The second-order valence-corrected chi connectivity index (χ2v) is 9.44. The molecule has 6 N–H and O–H groups in total. The Morgan fingerprint density at radius 1 is 0.676 bits per heavy atom. The summed E-state index contributed by atoms with van der Waals surface area (Å²) in [6.07, 6.45) is -4.26. The summed E-state index contributed by atoms with van der Waals surface area (Å²) in [6.45, 7) is 5.46. The lowest BCUT2D eigenvalue weighted by Gasteiger charge is -2.35. The van der Waals surface area contributed by atoms with Crippen molar-refractivity contribution in [2.75, 3.05) is 6.61 Å². The summed E-state index contributed by atoms with van der Waals surface area (Å²) in [6, 6.07) is 16.5. The van der Waals surface area contributed by atoms with Crippen molar-refractivity contribution < 1.29 is 30.6 Å². The molecule has 0 aromatic heterocycles. The molecule has 0 aliphatic heterocycles. The van der Waals surface area contributed by atoms with Crippen molar-refractivity contribution in [2.24, 2.45) is 11.8 Å². The molecular formula is C28H42O6. The summed E-state index contributed by atoms with van der Waals surface area (Å²) >= 11 is 0. The topological polar surface area (TPSA) is 121 Å². The van der Waals surface area contributed by atoms with Gasteiger partial charge in [0.1, 0.15) is 24.4 Å². The highest BCUT2D eigenvalue weighted by atomic mass is 16.4. The largest absolute Gasteiger partial charge is 0.394 e. The third-order valence-corrected chi connectivity index (χ3v) is 6.96. The molecule has 0 aliphatic carbocycles. The van der Waals surface area contributed by atoms with Crippen LogP contribution in [0.15, 0.2) is 48.5 Å². The first-order chi connectivity index (χ1) is 16.2. The van der Waals surface area contributed by atoms with Crippen LogP contribution in [0.3, 0.4) is 0 Å². The first kappa shape index (κ1) is 28.4. The van der Waals surface area contributed by atoms with Crippen LogP contribution in [0.5, 0.6) is 0 Å². The van der Waals surface area contributed by atoms with Gasteiger partial charge in [-0.2, -0.15) is 0 Å². The Balaban J connectivity index is 2.22. The molecule has 6 heteroatoms. The normalized spacial score (nSPS) is 18.0. The third kappa shape index (κ3) is 7.87. The average Bonchev–Trinajstić information content (AvgIpc) is 2.88. The second kappa shape index (κ2) is 13.9. The summed E-state index contributed by atoms with van der Waals surface area (Å²) in [7, 11) is 0. The number of hydrogen-bond acceptors (Lipinski definition) is 6. The summed E-state index contributed by atoms with van der Waals surface area (Å²) in [5.74, 6) is -0.406. The van der Waals surface area contributed by atoms with Gasteiger partial charge in [-0.3, -0.25) is 0 Å². The predicted molar refractivity (Wildman–Crippen MR) is 133 cm³/mol. The van der Waals surface area contributed by atoms with Crippen LogP contribution in [0.4, 0.5) is 0 Å². The molecule has 34 heavy (non-hydrogen) atoms. The maximum atomic E-state index is 11.1. The fourth-order valence-electron chi connectivity index (χ4n) is 4.51. The maximum Gasteiger partial charge on any atom is 0.111 e. The van der Waals surface area contributed by atoms with Gasteiger partial charge in [-0.25, -0.2) is 0 Å². The molecule has 0 heterocycles. The van der Waals surface area contributed by atoms with Crippen LogP contribution in [0, 0.1) is 11.8 Å². The minimum absolute atomic E-state index is 0.00711. The van der Waals surface area contributed by atoms with Gasteiger partial charge in [-0.15, -0.1) is 0 Å². The van der Waals surface area contributed by atoms with E-state index in [-0.39, 0.29) is 5.92 Å². The van der Waals surface area contributed by atoms with Gasteiger partial charge in [0, 0.05) is 0 Å². The Morgan fingerprint density at radius 2 is 1.18 bits per heavy atom. The highest BCUT2D eigenvalue weighted by Gasteiger charge is 2.39. The van der Waals surface area contributed by atoms with Gasteiger partial charge in [-0.05, 0) is 66.2 Å². The van der Waals surface area contributed by atoms with Crippen LogP contribution < -0.4 is 0 Å². The quantitative estimate of drug-likeness (QED) is 0.249. The number of benzene rings is 2. The SMILES string of the molecule is CCc1cccc(CCC(C)C(Cc2cccc(CC)c2)C(O)[C@@H](O)[C@@H](O)[C@H](O)[C@@H](O)CO)c1. The average molecular weight is 475 g/mol. The Bertz CT molecular complexity index is 856. The standard InChI is InChI=1S/C28H42O6/c1-4-19-8-6-10-21(14-19)13-12-18(3)23(16-22-11-7-9-20(5-2)15-22)25(31)27(33)28(34)26(32)24(30)17-29/h6-11,14-15,18,23-34H,4-5,12-13,16-17H2,1-3H3/t18?,23?,24-,25?,26+,27+,28-/m0/s1. The highest BCUT2D eigenvalue weighted by Crippen LogP contribution is 2.29. The fraction of sp³-hybridized carbons (Fsp3) is 0.571. The Morgan fingerprint density at radius 3 is 1.74 bits per heavy atom. The molecule has 0 fully saturated rings. The number of rotatable bonds is 14. The van der Waals surface area contributed by atoms with Crippen LogP contribution in [0.25, 0.3) is 0 Å². The Kier molecular flexibility index (Phi) is 11.6. The number of hydrogen-bond donors (Lipinski definition) is 6. The lowest BCUT2D eigenvalue weighted by Crippen LogP contribution is -2.52. The molecule has 2 rings (SSSR count). The smallest absolute Gasteiger partial charge is 0.111 e. The Labute approximate surface area is 203 Å². The molecule has 6 nitrogen and oxygen atoms in total. The fourth-order valence-corrected chi connectivity index (χ4v) is 4.51. The number of aliphatic hydroxyl groups excluding tert-OH is 6. The van der Waals surface area contributed by atoms with Crippen LogP contribution in [0.1, 0.15) is 49.4 Å². The van der Waals surface area contributed by atoms with E-state index in [0.717, 1.165) is 31.2 Å². The zero-order valence-corrected chi connectivity index (χ0v) is 20.6. The zero-order valence-electron chi connectivity index (χ0n) is 20.6. The van der Waals surface area contributed by atoms with E-state index >= 15 is 0 Å². The maximum absolute atomic E-state index is 11.1. The van der Waals surface area contributed by atoms with Crippen molar-refractivity contribution in [1.29, 1.82) is 0 Å². The molecule has 0 bridgehead atoms. The zero-order chi connectivity index (χ0) is 25.3. The van der Waals surface area contributed by atoms with Crippen LogP contribution >= 0.6 is 0 Å². The molecular weight excluding hydrogens is 432 g/mol. The van der Waals surface area contributed by atoms with Crippen molar-refractivity contribution in [1.82, 2.24) is 0 Å². The lowest BCUT2D eigenvalue weighted by atomic mass is 9.77. The molecule has 2 aromatic rings. The minimum Gasteiger partial charge on any atom is -0.394 e. The number of aliphatic hydroxyl groups is 6. The third-order valence-electron chi connectivity index (χ3n) is 6.96. The van der Waals surface area contributed by atoms with Crippen molar-refractivity contribution >= 4 is 0 Å². The van der Waals surface area contributed by atoms with E-state index in [4.69, 9.17) is 5.11 Å². The second-order valence-electron chi connectivity index (χ2n) is 9.44. The summed E-state index contributed by atoms with van der Waals surface area (Å²) < 4.78 is 0. The van der Waals surface area contributed by atoms with Crippen molar-refractivity contribution in [3.8, 4) is 0 Å². The molecule has 0 amide bonds. The first-order valence-electron chi connectivity index (χ1n) is 12.4. The van der Waals surface area contributed by atoms with Crippen LogP contribution in [0.2, 0.25) is 0 Å². The molecule has 0 radical (unpaired) electrons. The monoisotopic (exact) mass is 474 g/mol.